The molecule has 0 saturated carbocycles. The standard InChI is InChI=1S/C27H24Cl2N2O5/c1-16(32)31(15-24(33)34)23(13-17-7-3-2-4-8-17)26-27(35)30-22-12-11-18(28)14-20(22)25(36-26)19-9-5-6-10-21(19)29/h2-12,14,23,25-26H,13,15H2,1H3,(H,30,35)(H,33,34)/t23?,25-,26-/m0/s1. The zero-order valence-corrected chi connectivity index (χ0v) is 20.9. The normalized spacial score (nSPS) is 17.9. The third-order valence-electron chi connectivity index (χ3n) is 6.03. The Hall–Kier alpha value is -3.39. The van der Waals surface area contributed by atoms with Crippen molar-refractivity contribution in [2.24, 2.45) is 0 Å². The zero-order valence-electron chi connectivity index (χ0n) is 19.4. The number of fused-ring (bicyclic) bond motifs is 1. The van der Waals surface area contributed by atoms with Crippen molar-refractivity contribution >= 4 is 46.7 Å². The van der Waals surface area contributed by atoms with E-state index >= 15 is 0 Å². The number of nitrogens with zero attached hydrogens (tertiary/aromatic N) is 1. The van der Waals surface area contributed by atoms with Gasteiger partial charge in [-0.2, -0.15) is 0 Å². The number of hydrogen-bond donors (Lipinski definition) is 2. The number of aliphatic carboxylic acids is 1. The summed E-state index contributed by atoms with van der Waals surface area (Å²) in [6.45, 7) is 0.686. The Morgan fingerprint density at radius 2 is 1.72 bits per heavy atom. The van der Waals surface area contributed by atoms with Crippen molar-refractivity contribution in [1.29, 1.82) is 0 Å². The molecule has 3 aromatic carbocycles. The van der Waals surface area contributed by atoms with Gasteiger partial charge < -0.3 is 20.1 Å². The van der Waals surface area contributed by atoms with Gasteiger partial charge in [0.2, 0.25) is 5.91 Å². The number of carbonyl (C=O) groups excluding carboxylic acids is 2. The van der Waals surface area contributed by atoms with E-state index in [0.29, 0.717) is 26.9 Å². The molecule has 186 valence electrons. The predicted octanol–water partition coefficient (Wildman–Crippen LogP) is 4.96. The van der Waals surface area contributed by atoms with Crippen LogP contribution in [0.1, 0.15) is 29.7 Å². The molecule has 0 aliphatic carbocycles. The molecule has 0 radical (unpaired) electrons. The highest BCUT2D eigenvalue weighted by Gasteiger charge is 2.41. The Morgan fingerprint density at radius 1 is 1.03 bits per heavy atom. The third-order valence-corrected chi connectivity index (χ3v) is 6.61. The highest BCUT2D eigenvalue weighted by molar-refractivity contribution is 6.31. The van der Waals surface area contributed by atoms with Crippen LogP contribution in [0.5, 0.6) is 0 Å². The maximum Gasteiger partial charge on any atom is 0.323 e. The van der Waals surface area contributed by atoms with Crippen LogP contribution in [-0.2, 0) is 25.5 Å². The minimum Gasteiger partial charge on any atom is -0.480 e. The van der Waals surface area contributed by atoms with Gasteiger partial charge in [-0.3, -0.25) is 14.4 Å². The summed E-state index contributed by atoms with van der Waals surface area (Å²) in [4.78, 5) is 39.1. The number of rotatable bonds is 7. The first-order valence-corrected chi connectivity index (χ1v) is 12.0. The van der Waals surface area contributed by atoms with Crippen LogP contribution in [0.3, 0.4) is 0 Å². The lowest BCUT2D eigenvalue weighted by atomic mass is 9.97. The molecule has 0 aromatic heterocycles. The van der Waals surface area contributed by atoms with Gasteiger partial charge in [0.1, 0.15) is 12.6 Å². The second-order valence-corrected chi connectivity index (χ2v) is 9.32. The van der Waals surface area contributed by atoms with Crippen molar-refractivity contribution in [3.63, 3.8) is 0 Å². The minimum atomic E-state index is -1.22. The smallest absolute Gasteiger partial charge is 0.323 e. The molecule has 3 aromatic rings. The topological polar surface area (TPSA) is 95.9 Å². The number of carboxylic acids is 1. The van der Waals surface area contributed by atoms with Crippen molar-refractivity contribution in [3.05, 3.63) is 99.5 Å². The zero-order chi connectivity index (χ0) is 25.8. The van der Waals surface area contributed by atoms with E-state index in [-0.39, 0.29) is 6.42 Å². The highest BCUT2D eigenvalue weighted by Crippen LogP contribution is 2.40. The van der Waals surface area contributed by atoms with E-state index in [4.69, 9.17) is 27.9 Å². The Bertz CT molecular complexity index is 1280. The van der Waals surface area contributed by atoms with Gasteiger partial charge in [-0.1, -0.05) is 71.7 Å². The van der Waals surface area contributed by atoms with E-state index in [1.165, 1.54) is 6.92 Å². The number of hydrogen-bond acceptors (Lipinski definition) is 4. The molecule has 0 saturated heterocycles. The van der Waals surface area contributed by atoms with Crippen molar-refractivity contribution in [2.75, 3.05) is 11.9 Å². The van der Waals surface area contributed by atoms with Gasteiger partial charge in [0.15, 0.2) is 6.10 Å². The summed E-state index contributed by atoms with van der Waals surface area (Å²) in [5.74, 6) is -2.20. The van der Waals surface area contributed by atoms with Crippen LogP contribution in [0.4, 0.5) is 5.69 Å². The molecule has 1 unspecified atom stereocenters. The molecule has 1 aliphatic rings. The highest BCUT2D eigenvalue weighted by atomic mass is 35.5. The molecule has 1 aliphatic heterocycles. The van der Waals surface area contributed by atoms with E-state index in [9.17, 15) is 19.5 Å². The SMILES string of the molecule is CC(=O)N(CC(=O)O)C(Cc1ccccc1)[C@@H]1O[C@@H](c2ccccc2Cl)c2cc(Cl)ccc2NC1=O. The summed E-state index contributed by atoms with van der Waals surface area (Å²) in [7, 11) is 0. The monoisotopic (exact) mass is 526 g/mol. The average molecular weight is 527 g/mol. The second-order valence-electron chi connectivity index (χ2n) is 8.48. The van der Waals surface area contributed by atoms with Gasteiger partial charge in [-0.25, -0.2) is 0 Å². The number of benzene rings is 3. The molecule has 0 bridgehead atoms. The first-order chi connectivity index (χ1) is 17.2. The number of halogens is 2. The molecule has 1 heterocycles. The fourth-order valence-corrected chi connectivity index (χ4v) is 4.80. The molecule has 2 amide bonds. The summed E-state index contributed by atoms with van der Waals surface area (Å²) in [6, 6.07) is 20.4. The molecule has 9 heteroatoms. The van der Waals surface area contributed by atoms with E-state index in [2.05, 4.69) is 5.32 Å². The molecular formula is C27H24Cl2N2O5. The third kappa shape index (κ3) is 5.70. The Morgan fingerprint density at radius 3 is 2.39 bits per heavy atom. The van der Waals surface area contributed by atoms with Gasteiger partial charge in [0, 0.05) is 33.8 Å². The summed E-state index contributed by atoms with van der Waals surface area (Å²) in [5.41, 5.74) is 2.50. The second kappa shape index (κ2) is 11.1. The molecular weight excluding hydrogens is 503 g/mol. The average Bonchev–Trinajstić information content (AvgIpc) is 2.98. The van der Waals surface area contributed by atoms with E-state index < -0.39 is 42.6 Å². The maximum absolute atomic E-state index is 13.6. The van der Waals surface area contributed by atoms with Crippen molar-refractivity contribution in [1.82, 2.24) is 4.90 Å². The van der Waals surface area contributed by atoms with Crippen LogP contribution in [0.25, 0.3) is 0 Å². The van der Waals surface area contributed by atoms with Crippen LogP contribution in [0.15, 0.2) is 72.8 Å². The van der Waals surface area contributed by atoms with Gasteiger partial charge in [0.25, 0.3) is 5.91 Å². The molecule has 0 spiro atoms. The van der Waals surface area contributed by atoms with Crippen LogP contribution in [0, 0.1) is 0 Å². The van der Waals surface area contributed by atoms with E-state index in [0.717, 1.165) is 10.5 Å². The molecule has 7 nitrogen and oxygen atoms in total. The Kier molecular flexibility index (Phi) is 7.94. The first kappa shape index (κ1) is 25.7. The summed E-state index contributed by atoms with van der Waals surface area (Å²) < 4.78 is 6.48. The van der Waals surface area contributed by atoms with Crippen molar-refractivity contribution < 1.29 is 24.2 Å². The summed E-state index contributed by atoms with van der Waals surface area (Å²) in [5, 5.41) is 13.3. The fraction of sp³-hybridized carbons (Fsp3) is 0.222. The number of carbonyl (C=O) groups is 3. The number of amides is 2. The predicted molar refractivity (Wildman–Crippen MR) is 137 cm³/mol. The van der Waals surface area contributed by atoms with Crippen molar-refractivity contribution in [2.45, 2.75) is 31.6 Å². The van der Waals surface area contributed by atoms with Crippen molar-refractivity contribution in [3.8, 4) is 0 Å². The van der Waals surface area contributed by atoms with Gasteiger partial charge in [-0.05, 0) is 36.2 Å². The summed E-state index contributed by atoms with van der Waals surface area (Å²) >= 11 is 12.8. The van der Waals surface area contributed by atoms with Gasteiger partial charge >= 0.3 is 5.97 Å². The van der Waals surface area contributed by atoms with Gasteiger partial charge in [0.05, 0.1) is 6.04 Å². The minimum absolute atomic E-state index is 0.193. The van der Waals surface area contributed by atoms with Gasteiger partial charge in [-0.15, -0.1) is 0 Å². The van der Waals surface area contributed by atoms with E-state index in [1.807, 2.05) is 30.3 Å². The molecule has 0 fully saturated rings. The lowest BCUT2D eigenvalue weighted by molar-refractivity contribution is -0.152. The number of carboxylic acid groups (broad SMARTS) is 1. The number of ether oxygens (including phenoxy) is 1. The summed E-state index contributed by atoms with van der Waals surface area (Å²) in [6.07, 6.45) is -1.84. The fourth-order valence-electron chi connectivity index (χ4n) is 4.39. The molecule has 4 rings (SSSR count). The Balaban J connectivity index is 1.84. The first-order valence-electron chi connectivity index (χ1n) is 11.3. The largest absolute Gasteiger partial charge is 0.480 e. The Labute approximate surface area is 218 Å². The van der Waals surface area contributed by atoms with E-state index in [1.54, 1.807) is 42.5 Å². The molecule has 3 atom stereocenters. The quantitative estimate of drug-likeness (QED) is 0.453. The van der Waals surface area contributed by atoms with Crippen LogP contribution in [-0.4, -0.2) is 46.5 Å². The van der Waals surface area contributed by atoms with Crippen LogP contribution in [0.2, 0.25) is 10.0 Å². The van der Waals surface area contributed by atoms with Crippen LogP contribution >= 0.6 is 23.2 Å². The molecule has 36 heavy (non-hydrogen) atoms. The number of anilines is 1. The number of nitrogens with one attached hydrogen (secondary N) is 1. The lowest BCUT2D eigenvalue weighted by Gasteiger charge is -2.35. The lowest BCUT2D eigenvalue weighted by Crippen LogP contribution is -2.54. The maximum atomic E-state index is 13.6. The molecule has 2 N–H and O–H groups in total. The van der Waals surface area contributed by atoms with Crippen LogP contribution < -0.4 is 5.32 Å².